The van der Waals surface area contributed by atoms with E-state index in [0.717, 1.165) is 25.9 Å². The maximum absolute atomic E-state index is 12.5. The Balaban J connectivity index is 1.64. The molecule has 20 heavy (non-hydrogen) atoms. The highest BCUT2D eigenvalue weighted by molar-refractivity contribution is 5.98. The van der Waals surface area contributed by atoms with Gasteiger partial charge in [0.05, 0.1) is 18.0 Å². The highest BCUT2D eigenvalue weighted by Gasteiger charge is 2.42. The van der Waals surface area contributed by atoms with Crippen LogP contribution in [-0.2, 0) is 9.59 Å². The van der Waals surface area contributed by atoms with Crippen LogP contribution in [0.1, 0.15) is 25.7 Å². The molecule has 3 unspecified atom stereocenters. The molecule has 7 nitrogen and oxygen atoms in total. The van der Waals surface area contributed by atoms with Gasteiger partial charge in [-0.3, -0.25) is 20.2 Å². The first-order chi connectivity index (χ1) is 9.65. The van der Waals surface area contributed by atoms with E-state index in [0.29, 0.717) is 13.0 Å². The summed E-state index contributed by atoms with van der Waals surface area (Å²) in [5.74, 6) is -0.682. The number of fused-ring (bicyclic) bond motifs is 1. The number of likely N-dealkylation sites (tertiary alicyclic amines) is 1. The number of urea groups is 1. The largest absolute Gasteiger partial charge is 0.342 e. The summed E-state index contributed by atoms with van der Waals surface area (Å²) in [6.45, 7) is 2.17. The molecule has 3 fully saturated rings. The third kappa shape index (κ3) is 2.49. The van der Waals surface area contributed by atoms with Crippen LogP contribution in [0.25, 0.3) is 0 Å². The molecule has 0 radical (unpaired) electrons. The fraction of sp³-hybridized carbons (Fsp3) is 0.769. The highest BCUT2D eigenvalue weighted by atomic mass is 16.2. The Morgan fingerprint density at radius 3 is 2.65 bits per heavy atom. The topological polar surface area (TPSA) is 90.5 Å². The number of nitrogens with zero attached hydrogens (tertiary/aromatic N) is 1. The molecule has 3 atom stereocenters. The average molecular weight is 280 g/mol. The van der Waals surface area contributed by atoms with Gasteiger partial charge in [0.1, 0.15) is 0 Å². The van der Waals surface area contributed by atoms with E-state index in [4.69, 9.17) is 0 Å². The van der Waals surface area contributed by atoms with Crippen LogP contribution in [-0.4, -0.2) is 48.5 Å². The van der Waals surface area contributed by atoms with E-state index in [1.54, 1.807) is 0 Å². The van der Waals surface area contributed by atoms with Crippen molar-refractivity contribution in [3.05, 3.63) is 0 Å². The van der Waals surface area contributed by atoms with Crippen molar-refractivity contribution < 1.29 is 14.4 Å². The number of carbonyl (C=O) groups is 3. The smallest absolute Gasteiger partial charge is 0.322 e. The molecule has 110 valence electrons. The number of nitrogens with one attached hydrogen (secondary N) is 3. The summed E-state index contributed by atoms with van der Waals surface area (Å²) >= 11 is 0. The van der Waals surface area contributed by atoms with E-state index in [2.05, 4.69) is 16.0 Å². The minimum absolute atomic E-state index is 0.139. The van der Waals surface area contributed by atoms with E-state index in [9.17, 15) is 14.4 Å². The predicted octanol–water partition coefficient (Wildman–Crippen LogP) is -0.610. The van der Waals surface area contributed by atoms with Crippen molar-refractivity contribution >= 4 is 17.8 Å². The van der Waals surface area contributed by atoms with Crippen LogP contribution in [0.15, 0.2) is 0 Å². The Kier molecular flexibility index (Phi) is 3.60. The minimum Gasteiger partial charge on any atom is -0.342 e. The Morgan fingerprint density at radius 2 is 1.90 bits per heavy atom. The summed E-state index contributed by atoms with van der Waals surface area (Å²) in [5, 5.41) is 8.06. The number of hydrogen-bond acceptors (Lipinski definition) is 4. The van der Waals surface area contributed by atoms with Gasteiger partial charge in [-0.25, -0.2) is 4.79 Å². The number of hydrogen-bond donors (Lipinski definition) is 3. The van der Waals surface area contributed by atoms with Gasteiger partial charge in [-0.2, -0.15) is 0 Å². The Morgan fingerprint density at radius 1 is 1.15 bits per heavy atom. The number of rotatable bonds is 1. The molecule has 3 aliphatic heterocycles. The normalized spacial score (nSPS) is 34.0. The zero-order valence-corrected chi connectivity index (χ0v) is 11.4. The molecule has 0 saturated carbocycles. The lowest BCUT2D eigenvalue weighted by atomic mass is 9.85. The van der Waals surface area contributed by atoms with Crippen LogP contribution in [0.5, 0.6) is 0 Å². The van der Waals surface area contributed by atoms with Crippen LogP contribution < -0.4 is 16.0 Å². The van der Waals surface area contributed by atoms with Crippen molar-refractivity contribution in [3.63, 3.8) is 0 Å². The summed E-state index contributed by atoms with van der Waals surface area (Å²) in [7, 11) is 0. The van der Waals surface area contributed by atoms with Crippen molar-refractivity contribution in [1.82, 2.24) is 20.9 Å². The van der Waals surface area contributed by atoms with Crippen LogP contribution in [0.2, 0.25) is 0 Å². The standard InChI is InChI=1S/C13H20N4O3/c18-11-9-6-8(7-14-10(9)15-13(20)16-11)12(19)17-4-2-1-3-5-17/h8-10,14H,1-7H2,(H2,15,16,18,20). The maximum atomic E-state index is 12.5. The van der Waals surface area contributed by atoms with Crippen LogP contribution in [0.4, 0.5) is 4.79 Å². The summed E-state index contributed by atoms with van der Waals surface area (Å²) in [5.41, 5.74) is 0. The van der Waals surface area contributed by atoms with E-state index < -0.39 is 6.03 Å². The lowest BCUT2D eigenvalue weighted by Gasteiger charge is -2.40. The van der Waals surface area contributed by atoms with Crippen molar-refractivity contribution in [2.24, 2.45) is 11.8 Å². The maximum Gasteiger partial charge on any atom is 0.322 e. The second-order valence-corrected chi connectivity index (χ2v) is 5.77. The predicted molar refractivity (Wildman–Crippen MR) is 70.5 cm³/mol. The van der Waals surface area contributed by atoms with Gasteiger partial charge in [0.25, 0.3) is 0 Å². The van der Waals surface area contributed by atoms with Gasteiger partial charge < -0.3 is 10.2 Å². The van der Waals surface area contributed by atoms with Crippen LogP contribution in [0, 0.1) is 11.8 Å². The second kappa shape index (κ2) is 5.40. The van der Waals surface area contributed by atoms with Crippen molar-refractivity contribution in [3.8, 4) is 0 Å². The molecule has 3 saturated heterocycles. The fourth-order valence-electron chi connectivity index (χ4n) is 3.29. The number of carbonyl (C=O) groups excluding carboxylic acids is 3. The lowest BCUT2D eigenvalue weighted by Crippen LogP contribution is -2.67. The van der Waals surface area contributed by atoms with E-state index in [1.807, 2.05) is 4.90 Å². The van der Waals surface area contributed by atoms with Gasteiger partial charge in [-0.15, -0.1) is 0 Å². The molecule has 0 aromatic heterocycles. The van der Waals surface area contributed by atoms with Gasteiger partial charge >= 0.3 is 6.03 Å². The second-order valence-electron chi connectivity index (χ2n) is 5.77. The van der Waals surface area contributed by atoms with Crippen LogP contribution >= 0.6 is 0 Å². The SMILES string of the molecule is O=C1NC(=O)C2CC(C(=O)N3CCCCC3)CNC2N1. The molecular weight excluding hydrogens is 260 g/mol. The van der Waals surface area contributed by atoms with Crippen molar-refractivity contribution in [1.29, 1.82) is 0 Å². The van der Waals surface area contributed by atoms with E-state index in [1.165, 1.54) is 6.42 Å². The summed E-state index contributed by atoms with van der Waals surface area (Å²) < 4.78 is 0. The zero-order chi connectivity index (χ0) is 14.1. The first-order valence-electron chi connectivity index (χ1n) is 7.28. The van der Waals surface area contributed by atoms with Gasteiger partial charge in [0.15, 0.2) is 0 Å². The monoisotopic (exact) mass is 280 g/mol. The number of imide groups is 1. The van der Waals surface area contributed by atoms with E-state index >= 15 is 0 Å². The minimum atomic E-state index is -0.468. The summed E-state index contributed by atoms with van der Waals surface area (Å²) in [6.07, 6.45) is 3.47. The molecule has 0 aromatic rings. The molecule has 0 aliphatic carbocycles. The third-order valence-corrected chi connectivity index (χ3v) is 4.40. The zero-order valence-electron chi connectivity index (χ0n) is 11.4. The van der Waals surface area contributed by atoms with Crippen molar-refractivity contribution in [2.45, 2.75) is 31.8 Å². The number of piperidine rings is 2. The lowest BCUT2D eigenvalue weighted by molar-refractivity contribution is -0.139. The molecular formula is C13H20N4O3. The van der Waals surface area contributed by atoms with E-state index in [-0.39, 0.29) is 29.8 Å². The van der Waals surface area contributed by atoms with Crippen molar-refractivity contribution in [2.75, 3.05) is 19.6 Å². The molecule has 3 heterocycles. The number of amides is 4. The first kappa shape index (κ1) is 13.4. The first-order valence-corrected chi connectivity index (χ1v) is 7.28. The molecule has 0 aromatic carbocycles. The molecule has 4 amide bonds. The van der Waals surface area contributed by atoms with Gasteiger partial charge in [0.2, 0.25) is 11.8 Å². The molecule has 3 rings (SSSR count). The summed E-state index contributed by atoms with van der Waals surface area (Å²) in [6, 6.07) is -0.468. The van der Waals surface area contributed by atoms with Gasteiger partial charge in [0, 0.05) is 19.6 Å². The highest BCUT2D eigenvalue weighted by Crippen LogP contribution is 2.25. The molecule has 0 spiro atoms. The van der Waals surface area contributed by atoms with Gasteiger partial charge in [-0.05, 0) is 25.7 Å². The van der Waals surface area contributed by atoms with Gasteiger partial charge in [-0.1, -0.05) is 0 Å². The summed E-state index contributed by atoms with van der Waals surface area (Å²) in [4.78, 5) is 37.5. The Labute approximate surface area is 117 Å². The quantitative estimate of drug-likeness (QED) is 0.597. The third-order valence-electron chi connectivity index (χ3n) is 4.40. The van der Waals surface area contributed by atoms with Crippen LogP contribution in [0.3, 0.4) is 0 Å². The molecule has 0 bridgehead atoms. The average Bonchev–Trinajstić information content (AvgIpc) is 2.47. The Hall–Kier alpha value is -1.63. The molecule has 7 heteroatoms. The molecule has 3 N–H and O–H groups in total. The Bertz CT molecular complexity index is 433. The molecule has 3 aliphatic rings. The fourth-order valence-corrected chi connectivity index (χ4v) is 3.29.